The molecule has 0 bridgehead atoms. The number of rotatable bonds is 4. The fraction of sp³-hybridized carbons (Fsp3) is 0.733. The second-order valence-corrected chi connectivity index (χ2v) is 6.63. The van der Waals surface area contributed by atoms with Crippen LogP contribution in [0.1, 0.15) is 49.8 Å². The van der Waals surface area contributed by atoms with Crippen molar-refractivity contribution in [3.05, 3.63) is 12.2 Å². The van der Waals surface area contributed by atoms with Crippen molar-refractivity contribution >= 4 is 11.8 Å². The van der Waals surface area contributed by atoms with Crippen LogP contribution in [0.3, 0.4) is 0 Å². The first-order valence-corrected chi connectivity index (χ1v) is 8.23. The lowest BCUT2D eigenvalue weighted by atomic mass is 10.0. The number of hydrogen-bond donors (Lipinski definition) is 1. The van der Waals surface area contributed by atoms with Gasteiger partial charge in [0.25, 0.3) is 5.91 Å². The van der Waals surface area contributed by atoms with E-state index >= 15 is 0 Å². The molecule has 2 aliphatic rings. The van der Waals surface area contributed by atoms with Gasteiger partial charge in [0, 0.05) is 19.1 Å². The number of carbonyl (C=O) groups excluding carboxylic acids is 2. The minimum absolute atomic E-state index is 0.0284. The summed E-state index contributed by atoms with van der Waals surface area (Å²) >= 11 is 0. The van der Waals surface area contributed by atoms with Crippen LogP contribution in [0, 0.1) is 0 Å². The van der Waals surface area contributed by atoms with Gasteiger partial charge in [0.15, 0.2) is 0 Å². The predicted molar refractivity (Wildman–Crippen MR) is 83.6 cm³/mol. The Bertz CT molecular complexity index is 599. The lowest BCUT2D eigenvalue weighted by Gasteiger charge is -2.36. The van der Waals surface area contributed by atoms with Gasteiger partial charge in [0.05, 0.1) is 12.1 Å². The number of hydrogen-bond acceptors (Lipinski definition) is 5. The number of amides is 2. The Morgan fingerprint density at radius 3 is 2.74 bits per heavy atom. The molecule has 3 heterocycles. The second-order valence-electron chi connectivity index (χ2n) is 6.63. The zero-order chi connectivity index (χ0) is 16.6. The molecule has 0 spiro atoms. The summed E-state index contributed by atoms with van der Waals surface area (Å²) in [5.74, 6) is -0.336. The van der Waals surface area contributed by atoms with E-state index in [9.17, 15) is 9.59 Å². The molecule has 3 rings (SSSR count). The molecule has 2 amide bonds. The molecule has 126 valence electrons. The summed E-state index contributed by atoms with van der Waals surface area (Å²) in [7, 11) is 0. The zero-order valence-electron chi connectivity index (χ0n) is 13.7. The van der Waals surface area contributed by atoms with Crippen LogP contribution in [0.25, 0.3) is 0 Å². The van der Waals surface area contributed by atoms with Gasteiger partial charge in [-0.3, -0.25) is 14.5 Å². The van der Waals surface area contributed by atoms with Gasteiger partial charge < -0.3 is 10.6 Å². The number of piperidine rings is 1. The molecular weight excluding hydrogens is 296 g/mol. The molecule has 2 atom stereocenters. The number of primary amides is 1. The number of aromatic nitrogens is 3. The molecule has 0 saturated carbocycles. The number of nitrogens with zero attached hydrogens (tertiary/aromatic N) is 5. The number of carbonyl (C=O) groups is 2. The number of likely N-dealkylation sites (tertiary alicyclic amines) is 2. The summed E-state index contributed by atoms with van der Waals surface area (Å²) in [5.41, 5.74) is 5.21. The van der Waals surface area contributed by atoms with E-state index < -0.39 is 5.91 Å². The topological polar surface area (TPSA) is 97.3 Å². The third-order valence-corrected chi connectivity index (χ3v) is 4.81. The van der Waals surface area contributed by atoms with E-state index in [4.69, 9.17) is 5.73 Å². The van der Waals surface area contributed by atoms with Crippen LogP contribution in [0.4, 0.5) is 0 Å². The van der Waals surface area contributed by atoms with E-state index in [1.165, 1.54) is 0 Å². The molecule has 2 unspecified atom stereocenters. The van der Waals surface area contributed by atoms with E-state index in [1.54, 1.807) is 11.0 Å². The monoisotopic (exact) mass is 320 g/mol. The van der Waals surface area contributed by atoms with E-state index in [1.807, 2.05) is 4.90 Å². The second kappa shape index (κ2) is 6.27. The molecule has 23 heavy (non-hydrogen) atoms. The van der Waals surface area contributed by atoms with E-state index in [0.717, 1.165) is 38.9 Å². The molecule has 8 nitrogen and oxygen atoms in total. The van der Waals surface area contributed by atoms with Crippen molar-refractivity contribution < 1.29 is 9.59 Å². The highest BCUT2D eigenvalue weighted by atomic mass is 16.2. The fourth-order valence-electron chi connectivity index (χ4n) is 3.58. The summed E-state index contributed by atoms with van der Waals surface area (Å²) in [4.78, 5) is 31.9. The molecule has 2 saturated heterocycles. The lowest BCUT2D eigenvalue weighted by Crippen LogP contribution is -2.48. The van der Waals surface area contributed by atoms with Crippen LogP contribution >= 0.6 is 0 Å². The van der Waals surface area contributed by atoms with Crippen molar-refractivity contribution in [3.8, 4) is 0 Å². The standard InChI is InChI=1S/C15H24N6O2/c1-10(2)20-7-5-12(15(20)23)19-6-3-4-11(8-19)21-9-17-14(18-21)13(16)22/h9-12H,3-8H2,1-2H3,(H2,16,22). The molecule has 2 N–H and O–H groups in total. The molecule has 8 heteroatoms. The van der Waals surface area contributed by atoms with Crippen molar-refractivity contribution in [2.45, 2.75) is 51.2 Å². The number of nitrogens with two attached hydrogens (primary N) is 1. The normalized spacial score (nSPS) is 26.2. The Morgan fingerprint density at radius 1 is 1.35 bits per heavy atom. The molecule has 2 aliphatic heterocycles. The van der Waals surface area contributed by atoms with Crippen LogP contribution < -0.4 is 5.73 Å². The average Bonchev–Trinajstić information content (AvgIpc) is 3.14. The zero-order valence-corrected chi connectivity index (χ0v) is 13.7. The molecule has 0 radical (unpaired) electrons. The van der Waals surface area contributed by atoms with Crippen LogP contribution in [0.2, 0.25) is 0 Å². The first kappa shape index (κ1) is 15.9. The Morgan fingerprint density at radius 2 is 2.13 bits per heavy atom. The molecule has 1 aromatic rings. The largest absolute Gasteiger partial charge is 0.363 e. The highest BCUT2D eigenvalue weighted by Crippen LogP contribution is 2.27. The van der Waals surface area contributed by atoms with E-state index in [2.05, 4.69) is 28.8 Å². The SMILES string of the molecule is CC(C)N1CCC(N2CCCC(n3cnc(C(N)=O)n3)C2)C1=O. The van der Waals surface area contributed by atoms with Crippen LogP contribution in [-0.2, 0) is 4.79 Å². The fourth-order valence-corrected chi connectivity index (χ4v) is 3.58. The average molecular weight is 320 g/mol. The third-order valence-electron chi connectivity index (χ3n) is 4.81. The van der Waals surface area contributed by atoms with Crippen LogP contribution in [-0.4, -0.2) is 68.1 Å². The third kappa shape index (κ3) is 3.08. The highest BCUT2D eigenvalue weighted by Gasteiger charge is 2.39. The summed E-state index contributed by atoms with van der Waals surface area (Å²) in [5, 5.41) is 4.17. The molecule has 2 fully saturated rings. The Kier molecular flexibility index (Phi) is 4.34. The van der Waals surface area contributed by atoms with Crippen molar-refractivity contribution in [2.24, 2.45) is 5.73 Å². The molecule has 0 aromatic carbocycles. The Hall–Kier alpha value is -1.96. The van der Waals surface area contributed by atoms with Gasteiger partial charge in [-0.2, -0.15) is 0 Å². The van der Waals surface area contributed by atoms with Gasteiger partial charge >= 0.3 is 0 Å². The minimum Gasteiger partial charge on any atom is -0.363 e. The minimum atomic E-state index is -0.616. The molecule has 0 aliphatic carbocycles. The van der Waals surface area contributed by atoms with Crippen molar-refractivity contribution in [1.82, 2.24) is 24.6 Å². The van der Waals surface area contributed by atoms with Crippen molar-refractivity contribution in [1.29, 1.82) is 0 Å². The summed E-state index contributed by atoms with van der Waals surface area (Å²) in [6.45, 7) is 6.62. The van der Waals surface area contributed by atoms with Crippen molar-refractivity contribution in [2.75, 3.05) is 19.6 Å². The van der Waals surface area contributed by atoms with Gasteiger partial charge in [-0.05, 0) is 39.7 Å². The first-order valence-electron chi connectivity index (χ1n) is 8.23. The quantitative estimate of drug-likeness (QED) is 0.843. The van der Waals surface area contributed by atoms with Gasteiger partial charge in [-0.15, -0.1) is 5.10 Å². The molecule has 1 aromatic heterocycles. The van der Waals surface area contributed by atoms with Gasteiger partial charge in [0.2, 0.25) is 11.7 Å². The highest BCUT2D eigenvalue weighted by molar-refractivity contribution is 5.88. The summed E-state index contributed by atoms with van der Waals surface area (Å²) in [6.07, 6.45) is 4.41. The predicted octanol–water partition coefficient (Wildman–Crippen LogP) is 0.0232. The Balaban J connectivity index is 1.69. The van der Waals surface area contributed by atoms with E-state index in [0.29, 0.717) is 0 Å². The maximum absolute atomic E-state index is 12.6. The smallest absolute Gasteiger partial charge is 0.288 e. The summed E-state index contributed by atoms with van der Waals surface area (Å²) in [6, 6.07) is 0.353. The summed E-state index contributed by atoms with van der Waals surface area (Å²) < 4.78 is 1.71. The van der Waals surface area contributed by atoms with Gasteiger partial charge in [-0.25, -0.2) is 9.67 Å². The van der Waals surface area contributed by atoms with Crippen LogP contribution in [0.5, 0.6) is 0 Å². The van der Waals surface area contributed by atoms with Crippen molar-refractivity contribution in [3.63, 3.8) is 0 Å². The van der Waals surface area contributed by atoms with Gasteiger partial charge in [0.1, 0.15) is 6.33 Å². The maximum atomic E-state index is 12.6. The van der Waals surface area contributed by atoms with Crippen LogP contribution in [0.15, 0.2) is 6.33 Å². The first-order chi connectivity index (χ1) is 11.0. The lowest BCUT2D eigenvalue weighted by molar-refractivity contribution is -0.134. The molecular formula is C15H24N6O2. The Labute approximate surface area is 135 Å². The maximum Gasteiger partial charge on any atom is 0.288 e. The van der Waals surface area contributed by atoms with Gasteiger partial charge in [-0.1, -0.05) is 0 Å². The van der Waals surface area contributed by atoms with E-state index in [-0.39, 0.29) is 29.9 Å².